The third kappa shape index (κ3) is 4.89. The zero-order valence-electron chi connectivity index (χ0n) is 18.3. The Morgan fingerprint density at radius 3 is 2.31 bits per heavy atom. The average Bonchev–Trinajstić information content (AvgIpc) is 3.49. The van der Waals surface area contributed by atoms with Crippen LogP contribution in [0.2, 0.25) is 0 Å². The highest BCUT2D eigenvalue weighted by atomic mass is 32.2. The van der Waals surface area contributed by atoms with Crippen LogP contribution in [0, 0.1) is 6.92 Å². The molecule has 0 radical (unpaired) electrons. The molecule has 2 aliphatic heterocycles. The van der Waals surface area contributed by atoms with Crippen LogP contribution in [0.1, 0.15) is 42.2 Å². The summed E-state index contributed by atoms with van der Waals surface area (Å²) in [5.74, 6) is -0.0626. The minimum Gasteiger partial charge on any atom is -0.340 e. The third-order valence-corrected chi connectivity index (χ3v) is 9.13. The van der Waals surface area contributed by atoms with E-state index in [2.05, 4.69) is 6.07 Å². The summed E-state index contributed by atoms with van der Waals surface area (Å²) >= 11 is 1.67. The van der Waals surface area contributed by atoms with Gasteiger partial charge in [-0.15, -0.1) is 11.3 Å². The van der Waals surface area contributed by atoms with E-state index in [1.807, 2.05) is 23.3 Å². The largest absolute Gasteiger partial charge is 0.340 e. The lowest BCUT2D eigenvalue weighted by Gasteiger charge is -2.34. The first-order chi connectivity index (χ1) is 15.4. The van der Waals surface area contributed by atoms with Crippen molar-refractivity contribution in [1.82, 2.24) is 14.1 Å². The number of hydrogen-bond acceptors (Lipinski definition) is 5. The minimum atomic E-state index is -3.56. The van der Waals surface area contributed by atoms with E-state index in [9.17, 15) is 18.0 Å². The van der Waals surface area contributed by atoms with Crippen molar-refractivity contribution in [2.75, 3.05) is 32.7 Å². The molecular formula is C23H29N3O4S2. The number of likely N-dealkylation sites (tertiary alicyclic amines) is 1. The van der Waals surface area contributed by atoms with E-state index >= 15 is 0 Å². The molecule has 2 saturated heterocycles. The molecule has 4 rings (SSSR count). The van der Waals surface area contributed by atoms with Gasteiger partial charge in [0, 0.05) is 50.4 Å². The predicted molar refractivity (Wildman–Crippen MR) is 124 cm³/mol. The lowest BCUT2D eigenvalue weighted by molar-refractivity contribution is -0.138. The fraction of sp³-hybridized carbons (Fsp3) is 0.478. The van der Waals surface area contributed by atoms with E-state index < -0.39 is 10.0 Å². The van der Waals surface area contributed by atoms with E-state index in [1.54, 1.807) is 40.5 Å². The summed E-state index contributed by atoms with van der Waals surface area (Å²) in [6, 6.07) is 11.0. The smallest absolute Gasteiger partial charge is 0.243 e. The highest BCUT2D eigenvalue weighted by Crippen LogP contribution is 2.35. The van der Waals surface area contributed by atoms with Gasteiger partial charge < -0.3 is 9.80 Å². The molecule has 1 atom stereocenters. The zero-order chi connectivity index (χ0) is 22.7. The Hall–Kier alpha value is -2.23. The molecule has 0 N–H and O–H groups in total. The van der Waals surface area contributed by atoms with Gasteiger partial charge in [0.25, 0.3) is 0 Å². The second-order valence-corrected chi connectivity index (χ2v) is 11.3. The molecule has 172 valence electrons. The van der Waals surface area contributed by atoms with Crippen LogP contribution in [0.4, 0.5) is 0 Å². The second-order valence-electron chi connectivity index (χ2n) is 8.36. The number of carbonyl (C=O) groups excluding carboxylic acids is 2. The number of piperazine rings is 1. The summed E-state index contributed by atoms with van der Waals surface area (Å²) in [5.41, 5.74) is 1.00. The van der Waals surface area contributed by atoms with E-state index in [4.69, 9.17) is 0 Å². The molecular weight excluding hydrogens is 446 g/mol. The van der Waals surface area contributed by atoms with Gasteiger partial charge >= 0.3 is 0 Å². The van der Waals surface area contributed by atoms with Crippen LogP contribution < -0.4 is 0 Å². The topological polar surface area (TPSA) is 78.0 Å². The van der Waals surface area contributed by atoms with Crippen molar-refractivity contribution in [3.05, 3.63) is 52.2 Å². The van der Waals surface area contributed by atoms with Gasteiger partial charge in [-0.2, -0.15) is 4.31 Å². The van der Waals surface area contributed by atoms with Crippen molar-refractivity contribution in [2.45, 2.75) is 43.5 Å². The molecule has 3 heterocycles. The Morgan fingerprint density at radius 1 is 0.969 bits per heavy atom. The maximum absolute atomic E-state index is 12.8. The number of hydrogen-bond donors (Lipinski definition) is 0. The highest BCUT2D eigenvalue weighted by molar-refractivity contribution is 7.89. The van der Waals surface area contributed by atoms with Crippen LogP contribution in [0.3, 0.4) is 0 Å². The van der Waals surface area contributed by atoms with Crippen LogP contribution in [0.15, 0.2) is 46.7 Å². The number of thiophene rings is 1. The van der Waals surface area contributed by atoms with Crippen molar-refractivity contribution < 1.29 is 18.0 Å². The molecule has 2 amide bonds. The maximum atomic E-state index is 12.8. The standard InChI is InChI=1S/C23H29N3O4S2/c1-18-6-8-19(9-7-18)32(29,30)25-15-13-24(14-16-25)22(27)10-11-23(28)26-12-2-4-20(26)21-5-3-17-31-21/h3,5-9,17,20H,2,4,10-16H2,1H3/t20-/m1/s1. The van der Waals surface area contributed by atoms with Crippen LogP contribution >= 0.6 is 11.3 Å². The van der Waals surface area contributed by atoms with Gasteiger partial charge in [-0.05, 0) is 43.3 Å². The summed E-state index contributed by atoms with van der Waals surface area (Å²) in [6.45, 7) is 3.88. The van der Waals surface area contributed by atoms with Gasteiger partial charge in [0.2, 0.25) is 21.8 Å². The second kappa shape index (κ2) is 9.72. The van der Waals surface area contributed by atoms with Crippen LogP contribution in [0.25, 0.3) is 0 Å². The predicted octanol–water partition coefficient (Wildman–Crippen LogP) is 3.03. The van der Waals surface area contributed by atoms with E-state index in [0.717, 1.165) is 24.9 Å². The molecule has 0 saturated carbocycles. The van der Waals surface area contributed by atoms with Gasteiger partial charge in [0.05, 0.1) is 10.9 Å². The Bertz CT molecular complexity index is 1040. The molecule has 1 aromatic heterocycles. The van der Waals surface area contributed by atoms with Crippen molar-refractivity contribution in [2.24, 2.45) is 0 Å². The summed E-state index contributed by atoms with van der Waals surface area (Å²) in [5, 5.41) is 2.03. The quantitative estimate of drug-likeness (QED) is 0.643. The Morgan fingerprint density at radius 2 is 1.66 bits per heavy atom. The van der Waals surface area contributed by atoms with E-state index in [1.165, 1.54) is 9.18 Å². The van der Waals surface area contributed by atoms with Crippen LogP contribution in [0.5, 0.6) is 0 Å². The van der Waals surface area contributed by atoms with Crippen molar-refractivity contribution in [1.29, 1.82) is 0 Å². The lowest BCUT2D eigenvalue weighted by atomic mass is 10.1. The molecule has 2 fully saturated rings. The molecule has 2 aliphatic rings. The number of amides is 2. The van der Waals surface area contributed by atoms with Gasteiger partial charge in [-0.3, -0.25) is 9.59 Å². The van der Waals surface area contributed by atoms with E-state index in [0.29, 0.717) is 13.1 Å². The molecule has 2 aromatic rings. The van der Waals surface area contributed by atoms with Gasteiger partial charge in [-0.25, -0.2) is 8.42 Å². The summed E-state index contributed by atoms with van der Waals surface area (Å²) in [4.78, 5) is 30.5. The zero-order valence-corrected chi connectivity index (χ0v) is 19.9. The van der Waals surface area contributed by atoms with Gasteiger partial charge in [0.1, 0.15) is 0 Å². The molecule has 0 unspecified atom stereocenters. The molecule has 32 heavy (non-hydrogen) atoms. The number of rotatable bonds is 6. The first-order valence-electron chi connectivity index (χ1n) is 11.0. The van der Waals surface area contributed by atoms with Crippen LogP contribution in [-0.4, -0.2) is 67.1 Å². The van der Waals surface area contributed by atoms with Crippen LogP contribution in [-0.2, 0) is 19.6 Å². The maximum Gasteiger partial charge on any atom is 0.243 e. The number of benzene rings is 1. The van der Waals surface area contributed by atoms with E-state index in [-0.39, 0.29) is 48.7 Å². The fourth-order valence-corrected chi connectivity index (χ4v) is 6.69. The molecule has 0 bridgehead atoms. The summed E-state index contributed by atoms with van der Waals surface area (Å²) in [7, 11) is -3.56. The molecule has 9 heteroatoms. The molecule has 0 spiro atoms. The first-order valence-corrected chi connectivity index (χ1v) is 13.4. The van der Waals surface area contributed by atoms with Gasteiger partial charge in [-0.1, -0.05) is 23.8 Å². The van der Waals surface area contributed by atoms with Crippen molar-refractivity contribution >= 4 is 33.2 Å². The number of nitrogens with zero attached hydrogens (tertiary/aromatic N) is 3. The number of aryl methyl sites for hydroxylation is 1. The fourth-order valence-electron chi connectivity index (χ4n) is 4.39. The molecule has 1 aromatic carbocycles. The number of sulfonamides is 1. The average molecular weight is 476 g/mol. The highest BCUT2D eigenvalue weighted by Gasteiger charge is 2.32. The van der Waals surface area contributed by atoms with Crippen molar-refractivity contribution in [3.8, 4) is 0 Å². The van der Waals surface area contributed by atoms with Crippen molar-refractivity contribution in [3.63, 3.8) is 0 Å². The molecule has 0 aliphatic carbocycles. The van der Waals surface area contributed by atoms with Gasteiger partial charge in [0.15, 0.2) is 0 Å². The monoisotopic (exact) mass is 475 g/mol. The molecule has 7 nitrogen and oxygen atoms in total. The summed E-state index contributed by atoms with van der Waals surface area (Å²) < 4.78 is 27.1. The first kappa shape index (κ1) is 22.9. The lowest BCUT2D eigenvalue weighted by Crippen LogP contribution is -2.50. The summed E-state index contributed by atoms with van der Waals surface area (Å²) in [6.07, 6.45) is 2.32. The number of carbonyl (C=O) groups is 2. The SMILES string of the molecule is Cc1ccc(S(=O)(=O)N2CCN(C(=O)CCC(=O)N3CCC[C@@H]3c3cccs3)CC2)cc1. The third-order valence-electron chi connectivity index (χ3n) is 6.25. The Kier molecular flexibility index (Phi) is 6.97. The Labute approximate surface area is 193 Å². The Balaban J connectivity index is 1.27. The minimum absolute atomic E-state index is 0.0230. The normalized spacial score (nSPS) is 20.0.